The molecule has 0 atom stereocenters. The van der Waals surface area contributed by atoms with Crippen LogP contribution in [0.1, 0.15) is 43.9 Å². The number of hydrogen-bond acceptors (Lipinski definition) is 3. The first-order chi connectivity index (χ1) is 14.9. The van der Waals surface area contributed by atoms with E-state index in [1.807, 2.05) is 75.4 Å². The van der Waals surface area contributed by atoms with E-state index in [1.165, 1.54) is 11.1 Å². The molecular formula is C27H31NO3. The van der Waals surface area contributed by atoms with Gasteiger partial charge < -0.3 is 9.47 Å². The highest BCUT2D eigenvalue weighted by atomic mass is 16.6. The maximum absolute atomic E-state index is 11.9. The highest BCUT2D eigenvalue weighted by molar-refractivity contribution is 5.84. The lowest BCUT2D eigenvalue weighted by atomic mass is 10.0. The molecule has 0 aliphatic heterocycles. The van der Waals surface area contributed by atoms with Gasteiger partial charge in [-0.15, -0.1) is 0 Å². The Bertz CT molecular complexity index is 960. The Morgan fingerprint density at radius 1 is 0.806 bits per heavy atom. The fraction of sp³-hybridized carbons (Fsp3) is 0.296. The summed E-state index contributed by atoms with van der Waals surface area (Å²) in [7, 11) is 0. The molecule has 0 radical (unpaired) electrons. The third-order valence-corrected chi connectivity index (χ3v) is 4.72. The Morgan fingerprint density at radius 2 is 1.48 bits per heavy atom. The van der Waals surface area contributed by atoms with E-state index in [4.69, 9.17) is 9.47 Å². The lowest BCUT2D eigenvalue weighted by Crippen LogP contribution is -2.27. The van der Waals surface area contributed by atoms with Crippen molar-refractivity contribution in [3.63, 3.8) is 0 Å². The van der Waals surface area contributed by atoms with Crippen molar-refractivity contribution >= 4 is 11.8 Å². The topological polar surface area (TPSA) is 47.6 Å². The fourth-order valence-electron chi connectivity index (χ4n) is 3.25. The highest BCUT2D eigenvalue weighted by Crippen LogP contribution is 2.22. The molecule has 3 aromatic rings. The van der Waals surface area contributed by atoms with Crippen LogP contribution in [0, 0.1) is 0 Å². The molecule has 31 heavy (non-hydrogen) atoms. The molecule has 4 heteroatoms. The van der Waals surface area contributed by atoms with Crippen LogP contribution in [0.15, 0.2) is 78.9 Å². The van der Waals surface area contributed by atoms with Gasteiger partial charge in [0.15, 0.2) is 0 Å². The number of anilines is 1. The fourth-order valence-corrected chi connectivity index (χ4v) is 3.25. The van der Waals surface area contributed by atoms with Crippen LogP contribution in [0.3, 0.4) is 0 Å². The number of benzene rings is 3. The van der Waals surface area contributed by atoms with Crippen LogP contribution in [0.2, 0.25) is 0 Å². The Labute approximate surface area is 185 Å². The van der Waals surface area contributed by atoms with E-state index in [0.29, 0.717) is 6.61 Å². The molecule has 0 bridgehead atoms. The molecule has 3 aromatic carbocycles. The molecule has 4 nitrogen and oxygen atoms in total. The van der Waals surface area contributed by atoms with E-state index in [0.717, 1.165) is 36.3 Å². The quantitative estimate of drug-likeness (QED) is 0.439. The van der Waals surface area contributed by atoms with Crippen LogP contribution in [0.25, 0.3) is 0 Å². The molecule has 0 spiro atoms. The van der Waals surface area contributed by atoms with Crippen LogP contribution in [0.5, 0.6) is 5.75 Å². The molecule has 162 valence electrons. The van der Waals surface area contributed by atoms with Crippen LogP contribution in [-0.4, -0.2) is 11.7 Å². The second kappa shape index (κ2) is 10.7. The van der Waals surface area contributed by atoms with Gasteiger partial charge >= 0.3 is 6.09 Å². The van der Waals surface area contributed by atoms with Gasteiger partial charge in [-0.05, 0) is 74.9 Å². The van der Waals surface area contributed by atoms with E-state index in [1.54, 1.807) is 0 Å². The van der Waals surface area contributed by atoms with Crippen molar-refractivity contribution in [3.8, 4) is 5.75 Å². The molecule has 0 unspecified atom stereocenters. The maximum Gasteiger partial charge on any atom is 0.412 e. The Hall–Kier alpha value is -3.27. The third kappa shape index (κ3) is 7.82. The molecule has 0 fully saturated rings. The van der Waals surface area contributed by atoms with E-state index in [2.05, 4.69) is 29.6 Å². The van der Waals surface area contributed by atoms with Gasteiger partial charge in [0.2, 0.25) is 0 Å². The van der Waals surface area contributed by atoms with Gasteiger partial charge in [-0.2, -0.15) is 0 Å². The molecule has 0 aromatic heterocycles. The zero-order valence-electron chi connectivity index (χ0n) is 18.6. The molecule has 0 aliphatic rings. The van der Waals surface area contributed by atoms with Gasteiger partial charge in [-0.1, -0.05) is 60.7 Å². The number of carbonyl (C=O) groups is 1. The molecule has 3 rings (SSSR count). The Kier molecular flexibility index (Phi) is 7.71. The Morgan fingerprint density at radius 3 is 2.19 bits per heavy atom. The maximum atomic E-state index is 11.9. The van der Waals surface area contributed by atoms with Gasteiger partial charge in [-0.3, -0.25) is 5.32 Å². The number of para-hydroxylation sites is 1. The summed E-state index contributed by atoms with van der Waals surface area (Å²) < 4.78 is 11.3. The van der Waals surface area contributed by atoms with Gasteiger partial charge in [-0.25, -0.2) is 4.79 Å². The first-order valence-electron chi connectivity index (χ1n) is 10.7. The minimum Gasteiger partial charge on any atom is -0.489 e. The standard InChI is InChI=1S/C27H31NO3/c1-27(2,3)31-26(29)28-24-18-16-21(17-19-24)12-9-14-23-13-7-8-15-25(23)30-20-22-10-5-4-6-11-22/h4-8,10-11,13,15-19H,9,12,14,20H2,1-3H3,(H,28,29). The summed E-state index contributed by atoms with van der Waals surface area (Å²) in [5, 5.41) is 2.76. The minimum atomic E-state index is -0.509. The van der Waals surface area contributed by atoms with Crippen molar-refractivity contribution in [1.29, 1.82) is 0 Å². The van der Waals surface area contributed by atoms with Crippen molar-refractivity contribution in [1.82, 2.24) is 0 Å². The number of rotatable bonds is 8. The normalized spacial score (nSPS) is 11.1. The number of hydrogen-bond donors (Lipinski definition) is 1. The van der Waals surface area contributed by atoms with Crippen molar-refractivity contribution in [2.45, 2.75) is 52.2 Å². The average Bonchev–Trinajstić information content (AvgIpc) is 2.74. The number of nitrogens with one attached hydrogen (secondary N) is 1. The summed E-state index contributed by atoms with van der Waals surface area (Å²) >= 11 is 0. The SMILES string of the molecule is CC(C)(C)OC(=O)Nc1ccc(CCCc2ccccc2OCc2ccccc2)cc1. The average molecular weight is 418 g/mol. The van der Waals surface area contributed by atoms with Gasteiger partial charge in [0, 0.05) is 5.69 Å². The van der Waals surface area contributed by atoms with Gasteiger partial charge in [0.25, 0.3) is 0 Å². The van der Waals surface area contributed by atoms with Crippen molar-refractivity contribution in [3.05, 3.63) is 95.6 Å². The van der Waals surface area contributed by atoms with Crippen LogP contribution >= 0.6 is 0 Å². The second-order valence-corrected chi connectivity index (χ2v) is 8.56. The second-order valence-electron chi connectivity index (χ2n) is 8.56. The predicted octanol–water partition coefficient (Wildman–Crippen LogP) is 6.79. The largest absolute Gasteiger partial charge is 0.489 e. The summed E-state index contributed by atoms with van der Waals surface area (Å²) in [6.07, 6.45) is 2.49. The van der Waals surface area contributed by atoms with Crippen molar-refractivity contribution < 1.29 is 14.3 Å². The first kappa shape index (κ1) is 22.4. The predicted molar refractivity (Wildman–Crippen MR) is 126 cm³/mol. The first-order valence-corrected chi connectivity index (χ1v) is 10.7. The molecular weight excluding hydrogens is 386 g/mol. The van der Waals surface area contributed by atoms with Gasteiger partial charge in [0.1, 0.15) is 18.0 Å². The number of aryl methyl sites for hydroxylation is 2. The van der Waals surface area contributed by atoms with E-state index < -0.39 is 11.7 Å². The highest BCUT2D eigenvalue weighted by Gasteiger charge is 2.16. The lowest BCUT2D eigenvalue weighted by molar-refractivity contribution is 0.0636. The van der Waals surface area contributed by atoms with E-state index in [-0.39, 0.29) is 0 Å². The van der Waals surface area contributed by atoms with Gasteiger partial charge in [0.05, 0.1) is 0 Å². The lowest BCUT2D eigenvalue weighted by Gasteiger charge is -2.19. The summed E-state index contributed by atoms with van der Waals surface area (Å²) in [4.78, 5) is 11.9. The molecule has 0 heterocycles. The summed E-state index contributed by atoms with van der Waals surface area (Å²) in [6.45, 7) is 6.12. The molecule has 1 amide bonds. The van der Waals surface area contributed by atoms with Crippen molar-refractivity contribution in [2.75, 3.05) is 5.32 Å². The number of ether oxygens (including phenoxy) is 2. The zero-order valence-corrected chi connectivity index (χ0v) is 18.6. The minimum absolute atomic E-state index is 0.438. The monoisotopic (exact) mass is 417 g/mol. The van der Waals surface area contributed by atoms with Crippen LogP contribution in [0.4, 0.5) is 10.5 Å². The van der Waals surface area contributed by atoms with E-state index >= 15 is 0 Å². The third-order valence-electron chi connectivity index (χ3n) is 4.72. The molecule has 0 saturated carbocycles. The summed E-state index contributed by atoms with van der Waals surface area (Å²) in [5.41, 5.74) is 3.85. The number of carbonyl (C=O) groups excluding carboxylic acids is 1. The van der Waals surface area contributed by atoms with Crippen molar-refractivity contribution in [2.24, 2.45) is 0 Å². The molecule has 0 aliphatic carbocycles. The smallest absolute Gasteiger partial charge is 0.412 e. The summed E-state index contributed by atoms with van der Waals surface area (Å²) in [5.74, 6) is 0.947. The summed E-state index contributed by atoms with van der Waals surface area (Å²) in [6, 6.07) is 26.4. The molecule has 0 saturated heterocycles. The van der Waals surface area contributed by atoms with Crippen LogP contribution < -0.4 is 10.1 Å². The van der Waals surface area contributed by atoms with E-state index in [9.17, 15) is 4.79 Å². The molecule has 1 N–H and O–H groups in total. The zero-order chi connectivity index (χ0) is 22.1. The number of amides is 1. The Balaban J connectivity index is 1.48. The van der Waals surface area contributed by atoms with Crippen LogP contribution in [-0.2, 0) is 24.2 Å².